The number of carbonyl (C=O) groups is 1. The highest BCUT2D eigenvalue weighted by molar-refractivity contribution is 9.10. The largest absolute Gasteiger partial charge is 0.496 e. The number of anilines is 2. The van der Waals surface area contributed by atoms with Gasteiger partial charge in [0.2, 0.25) is 0 Å². The predicted molar refractivity (Wildman–Crippen MR) is 76.3 cm³/mol. The predicted octanol–water partition coefficient (Wildman–Crippen LogP) is 2.03. The quantitative estimate of drug-likeness (QED) is 0.905. The lowest BCUT2D eigenvalue weighted by molar-refractivity contribution is 0.102. The molecule has 1 heterocycles. The second-order valence-corrected chi connectivity index (χ2v) is 4.76. The van der Waals surface area contributed by atoms with E-state index < -0.39 is 0 Å². The summed E-state index contributed by atoms with van der Waals surface area (Å²) in [5.74, 6) is 0.338. The smallest absolute Gasteiger partial charge is 0.278 e. The first kappa shape index (κ1) is 13.4. The molecule has 19 heavy (non-hydrogen) atoms. The Kier molecular flexibility index (Phi) is 3.75. The number of nitrogens with two attached hydrogens (primary N) is 1. The number of nitrogen functional groups attached to an aromatic ring is 1. The molecule has 3 N–H and O–H groups in total. The van der Waals surface area contributed by atoms with Gasteiger partial charge in [-0.3, -0.25) is 9.48 Å². The number of aromatic nitrogens is 2. The fourth-order valence-electron chi connectivity index (χ4n) is 1.62. The first-order valence-electron chi connectivity index (χ1n) is 5.45. The van der Waals surface area contributed by atoms with Crippen molar-refractivity contribution < 1.29 is 9.53 Å². The van der Waals surface area contributed by atoms with Crippen molar-refractivity contribution in [3.05, 3.63) is 34.6 Å². The molecule has 0 spiro atoms. The zero-order chi connectivity index (χ0) is 14.0. The molecule has 0 radical (unpaired) electrons. The van der Waals surface area contributed by atoms with Crippen molar-refractivity contribution in [2.45, 2.75) is 0 Å². The highest BCUT2D eigenvalue weighted by atomic mass is 79.9. The minimum absolute atomic E-state index is 0.203. The highest BCUT2D eigenvalue weighted by Crippen LogP contribution is 2.28. The van der Waals surface area contributed by atoms with Crippen LogP contribution < -0.4 is 15.8 Å². The number of carbonyl (C=O) groups excluding carboxylic acids is 1. The lowest BCUT2D eigenvalue weighted by Crippen LogP contribution is -2.14. The second-order valence-electron chi connectivity index (χ2n) is 3.91. The summed E-state index contributed by atoms with van der Waals surface area (Å²) in [4.78, 5) is 12.0. The summed E-state index contributed by atoms with van der Waals surface area (Å²) in [6, 6.07) is 5.23. The summed E-state index contributed by atoms with van der Waals surface area (Å²) in [5.41, 5.74) is 6.87. The lowest BCUT2D eigenvalue weighted by atomic mass is 10.3. The van der Waals surface area contributed by atoms with Crippen molar-refractivity contribution in [2.75, 3.05) is 18.2 Å². The number of hydrogen-bond donors (Lipinski definition) is 2. The second kappa shape index (κ2) is 5.31. The van der Waals surface area contributed by atoms with Gasteiger partial charge in [-0.1, -0.05) is 0 Å². The van der Waals surface area contributed by atoms with Crippen LogP contribution in [-0.4, -0.2) is 22.8 Å². The van der Waals surface area contributed by atoms with E-state index >= 15 is 0 Å². The summed E-state index contributed by atoms with van der Waals surface area (Å²) in [6.45, 7) is 0. The third-order valence-electron chi connectivity index (χ3n) is 2.48. The van der Waals surface area contributed by atoms with Crippen molar-refractivity contribution in [1.82, 2.24) is 9.78 Å². The Morgan fingerprint density at radius 3 is 2.79 bits per heavy atom. The molecule has 0 atom stereocenters. The number of aryl methyl sites for hydroxylation is 1. The molecule has 2 aromatic rings. The topological polar surface area (TPSA) is 82.2 Å². The van der Waals surface area contributed by atoms with E-state index in [1.54, 1.807) is 38.6 Å². The van der Waals surface area contributed by atoms with E-state index in [2.05, 4.69) is 26.3 Å². The van der Waals surface area contributed by atoms with E-state index in [4.69, 9.17) is 10.5 Å². The minimum atomic E-state index is -0.352. The van der Waals surface area contributed by atoms with E-state index in [-0.39, 0.29) is 11.6 Å². The van der Waals surface area contributed by atoms with Crippen LogP contribution in [0, 0.1) is 0 Å². The van der Waals surface area contributed by atoms with Gasteiger partial charge in [-0.15, -0.1) is 0 Å². The van der Waals surface area contributed by atoms with E-state index in [9.17, 15) is 4.79 Å². The van der Waals surface area contributed by atoms with Gasteiger partial charge in [-0.05, 0) is 34.1 Å². The summed E-state index contributed by atoms with van der Waals surface area (Å²) in [6.07, 6.45) is 1.58. The highest BCUT2D eigenvalue weighted by Gasteiger charge is 2.14. The van der Waals surface area contributed by atoms with Gasteiger partial charge in [0.05, 0.1) is 17.3 Å². The molecule has 0 aliphatic heterocycles. The average molecular weight is 325 g/mol. The van der Waals surface area contributed by atoms with Gasteiger partial charge in [0.15, 0.2) is 5.69 Å². The van der Waals surface area contributed by atoms with E-state index in [1.165, 1.54) is 4.68 Å². The molecule has 7 heteroatoms. The Morgan fingerprint density at radius 1 is 1.53 bits per heavy atom. The molecule has 0 bridgehead atoms. The number of methoxy groups -OCH3 is 1. The maximum Gasteiger partial charge on any atom is 0.278 e. The van der Waals surface area contributed by atoms with Crippen molar-refractivity contribution >= 4 is 33.2 Å². The van der Waals surface area contributed by atoms with E-state index in [0.29, 0.717) is 17.1 Å². The normalized spacial score (nSPS) is 10.3. The maximum atomic E-state index is 12.0. The van der Waals surface area contributed by atoms with Gasteiger partial charge in [0.1, 0.15) is 5.75 Å². The van der Waals surface area contributed by atoms with Gasteiger partial charge in [-0.2, -0.15) is 5.10 Å². The van der Waals surface area contributed by atoms with Crippen molar-refractivity contribution in [2.24, 2.45) is 7.05 Å². The summed E-state index contributed by atoms with van der Waals surface area (Å²) < 4.78 is 7.36. The monoisotopic (exact) mass is 324 g/mol. The van der Waals surface area contributed by atoms with E-state index in [0.717, 1.165) is 4.47 Å². The zero-order valence-electron chi connectivity index (χ0n) is 10.5. The first-order valence-corrected chi connectivity index (χ1v) is 6.24. The molecular formula is C12H13BrN4O2. The van der Waals surface area contributed by atoms with Crippen LogP contribution in [0.3, 0.4) is 0 Å². The number of amides is 1. The summed E-state index contributed by atoms with van der Waals surface area (Å²) in [7, 11) is 3.28. The Balaban J connectivity index is 2.19. The number of halogens is 1. The third kappa shape index (κ3) is 2.87. The number of ether oxygens (including phenoxy) is 1. The third-order valence-corrected chi connectivity index (χ3v) is 3.10. The average Bonchev–Trinajstić information content (AvgIpc) is 2.69. The zero-order valence-corrected chi connectivity index (χ0v) is 12.1. The number of nitrogens with zero attached hydrogens (tertiary/aromatic N) is 2. The lowest BCUT2D eigenvalue weighted by Gasteiger charge is -2.07. The molecule has 0 fully saturated rings. The van der Waals surface area contributed by atoms with Crippen LogP contribution in [0.2, 0.25) is 0 Å². The molecule has 6 nitrogen and oxygen atoms in total. The molecular weight excluding hydrogens is 312 g/mol. The first-order chi connectivity index (χ1) is 9.01. The molecule has 1 amide bonds. The van der Waals surface area contributed by atoms with Crippen LogP contribution in [0.5, 0.6) is 5.75 Å². The molecule has 0 aliphatic carbocycles. The van der Waals surface area contributed by atoms with Crippen LogP contribution in [0.4, 0.5) is 11.4 Å². The Bertz CT molecular complexity index is 624. The van der Waals surface area contributed by atoms with Gasteiger partial charge >= 0.3 is 0 Å². The Hall–Kier alpha value is -2.02. The molecule has 0 aliphatic rings. The van der Waals surface area contributed by atoms with Gasteiger partial charge in [-0.25, -0.2) is 0 Å². The summed E-state index contributed by atoms with van der Waals surface area (Å²) >= 11 is 3.35. The summed E-state index contributed by atoms with van der Waals surface area (Å²) in [5, 5.41) is 6.73. The number of rotatable bonds is 3. The molecule has 100 valence electrons. The van der Waals surface area contributed by atoms with Crippen molar-refractivity contribution in [1.29, 1.82) is 0 Å². The van der Waals surface area contributed by atoms with Crippen molar-refractivity contribution in [3.8, 4) is 5.75 Å². The van der Waals surface area contributed by atoms with Crippen LogP contribution in [-0.2, 0) is 7.05 Å². The molecule has 0 saturated heterocycles. The molecule has 0 unspecified atom stereocenters. The number of hydrogen-bond acceptors (Lipinski definition) is 4. The van der Waals surface area contributed by atoms with Crippen molar-refractivity contribution in [3.63, 3.8) is 0 Å². The van der Waals surface area contributed by atoms with Crippen LogP contribution in [0.15, 0.2) is 28.9 Å². The fraction of sp³-hybridized carbons (Fsp3) is 0.167. The standard InChI is InChI=1S/C12H13BrN4O2/c1-17-6-9(14)11(16-17)12(18)15-7-3-4-10(19-2)8(13)5-7/h3-6H,14H2,1-2H3,(H,15,18). The Labute approximate surface area is 118 Å². The molecule has 0 saturated carbocycles. The Morgan fingerprint density at radius 2 is 2.26 bits per heavy atom. The van der Waals surface area contributed by atoms with Gasteiger partial charge in [0.25, 0.3) is 5.91 Å². The SMILES string of the molecule is COc1ccc(NC(=O)c2nn(C)cc2N)cc1Br. The van der Waals surface area contributed by atoms with Gasteiger partial charge < -0.3 is 15.8 Å². The minimum Gasteiger partial charge on any atom is -0.496 e. The van der Waals surface area contributed by atoms with E-state index in [1.807, 2.05) is 0 Å². The van der Waals surface area contributed by atoms with Gasteiger partial charge in [0, 0.05) is 18.9 Å². The molecule has 2 rings (SSSR count). The maximum absolute atomic E-state index is 12.0. The van der Waals surface area contributed by atoms with Crippen LogP contribution in [0.25, 0.3) is 0 Å². The number of benzene rings is 1. The van der Waals surface area contributed by atoms with Crippen LogP contribution >= 0.6 is 15.9 Å². The van der Waals surface area contributed by atoms with Crippen LogP contribution in [0.1, 0.15) is 10.5 Å². The molecule has 1 aromatic heterocycles. The molecule has 1 aromatic carbocycles. The number of nitrogens with one attached hydrogen (secondary N) is 1. The fourth-order valence-corrected chi connectivity index (χ4v) is 2.16.